The number of carbonyl (C=O) groups is 2. The lowest BCUT2D eigenvalue weighted by molar-refractivity contribution is 0.0817. The summed E-state index contributed by atoms with van der Waals surface area (Å²) >= 11 is 1.24. The Kier molecular flexibility index (Phi) is 7.00. The van der Waals surface area contributed by atoms with Crippen LogP contribution in [0.15, 0.2) is 101 Å². The third kappa shape index (κ3) is 4.97. The number of thioether (sulfide) groups is 1. The lowest BCUT2D eigenvalue weighted by Crippen LogP contribution is -2.15. The van der Waals surface area contributed by atoms with Gasteiger partial charge in [0.1, 0.15) is 5.82 Å². The summed E-state index contributed by atoms with van der Waals surface area (Å²) in [5.41, 5.74) is 1.95. The van der Waals surface area contributed by atoms with Crippen LogP contribution in [0, 0.1) is 5.82 Å². The highest BCUT2D eigenvalue weighted by molar-refractivity contribution is 7.98. The number of hydrogen-bond donors (Lipinski definition) is 0. The molecule has 0 saturated carbocycles. The van der Waals surface area contributed by atoms with Crippen LogP contribution in [0.3, 0.4) is 0 Å². The molecule has 0 bridgehead atoms. The number of sulfone groups is 1. The fourth-order valence-corrected chi connectivity index (χ4v) is 4.96. The van der Waals surface area contributed by atoms with Crippen molar-refractivity contribution in [3.8, 4) is 22.3 Å². The van der Waals surface area contributed by atoms with Gasteiger partial charge in [0.15, 0.2) is 9.84 Å². The van der Waals surface area contributed by atoms with Gasteiger partial charge in [-0.3, -0.25) is 9.59 Å². The maximum atomic E-state index is 15.7. The number of ketones is 2. The van der Waals surface area contributed by atoms with Gasteiger partial charge in [-0.25, -0.2) is 12.8 Å². The van der Waals surface area contributed by atoms with Crippen molar-refractivity contribution in [1.29, 1.82) is 0 Å². The predicted molar refractivity (Wildman–Crippen MR) is 137 cm³/mol. The molecule has 0 saturated heterocycles. The quantitative estimate of drug-likeness (QED) is 0.167. The molecule has 4 nitrogen and oxygen atoms in total. The Hall–Kier alpha value is -3.55. The molecular formula is C28H21FO4S2. The largest absolute Gasteiger partial charge is 0.285 e. The topological polar surface area (TPSA) is 68.3 Å². The second-order valence-corrected chi connectivity index (χ2v) is 10.7. The zero-order chi connectivity index (χ0) is 25.2. The third-order valence-electron chi connectivity index (χ3n) is 5.60. The van der Waals surface area contributed by atoms with Gasteiger partial charge in [0.05, 0.1) is 4.90 Å². The molecule has 0 unspecified atom stereocenters. The Morgan fingerprint density at radius 1 is 0.743 bits per heavy atom. The molecule has 4 aromatic carbocycles. The van der Waals surface area contributed by atoms with Crippen molar-refractivity contribution in [3.05, 3.63) is 108 Å². The molecule has 0 aliphatic heterocycles. The van der Waals surface area contributed by atoms with E-state index in [2.05, 4.69) is 0 Å². The Morgan fingerprint density at radius 2 is 1.37 bits per heavy atom. The Balaban J connectivity index is 1.90. The van der Waals surface area contributed by atoms with E-state index in [9.17, 15) is 18.0 Å². The first kappa shape index (κ1) is 24.6. The highest BCUT2D eigenvalue weighted by atomic mass is 32.2. The average molecular weight is 505 g/mol. The number of rotatable bonds is 7. The molecule has 0 aliphatic rings. The smallest absolute Gasteiger partial charge is 0.234 e. The van der Waals surface area contributed by atoms with E-state index in [-0.39, 0.29) is 21.6 Å². The zero-order valence-electron chi connectivity index (χ0n) is 19.0. The van der Waals surface area contributed by atoms with Crippen molar-refractivity contribution < 1.29 is 22.4 Å². The van der Waals surface area contributed by atoms with Gasteiger partial charge in [-0.15, -0.1) is 11.8 Å². The molecule has 0 amide bonds. The van der Waals surface area contributed by atoms with E-state index >= 15 is 4.39 Å². The SMILES string of the molecule is CSc1ccc(-c2ccccc2C(=O)C(=O)c2ccccc2)c(-c2ccc(S(C)(=O)=O)cc2)c1F. The van der Waals surface area contributed by atoms with E-state index in [0.29, 0.717) is 21.6 Å². The Morgan fingerprint density at radius 3 is 2.00 bits per heavy atom. The molecule has 0 aromatic heterocycles. The lowest BCUT2D eigenvalue weighted by atomic mass is 9.88. The van der Waals surface area contributed by atoms with Crippen LogP contribution < -0.4 is 0 Å². The van der Waals surface area contributed by atoms with Crippen LogP contribution in [0.25, 0.3) is 22.3 Å². The first-order valence-corrected chi connectivity index (χ1v) is 13.7. The van der Waals surface area contributed by atoms with E-state index in [1.165, 1.54) is 23.9 Å². The summed E-state index contributed by atoms with van der Waals surface area (Å²) < 4.78 is 39.5. The summed E-state index contributed by atoms with van der Waals surface area (Å²) in [5.74, 6) is -1.84. The van der Waals surface area contributed by atoms with Crippen molar-refractivity contribution in [2.24, 2.45) is 0 Å². The van der Waals surface area contributed by atoms with Gasteiger partial charge in [0, 0.05) is 27.8 Å². The van der Waals surface area contributed by atoms with Crippen molar-refractivity contribution in [3.63, 3.8) is 0 Å². The molecule has 0 N–H and O–H groups in total. The molecule has 0 fully saturated rings. The van der Waals surface area contributed by atoms with Crippen LogP contribution in [0.5, 0.6) is 0 Å². The van der Waals surface area contributed by atoms with Crippen molar-refractivity contribution >= 4 is 33.2 Å². The number of Topliss-reactive ketones (excluding diaryl/α,β-unsaturated/α-hetero) is 2. The van der Waals surface area contributed by atoms with E-state index < -0.39 is 27.2 Å². The third-order valence-corrected chi connectivity index (χ3v) is 7.49. The monoisotopic (exact) mass is 504 g/mol. The van der Waals surface area contributed by atoms with Gasteiger partial charge in [0.2, 0.25) is 11.6 Å². The summed E-state index contributed by atoms with van der Waals surface area (Å²) in [7, 11) is -3.42. The molecule has 4 rings (SSSR count). The maximum absolute atomic E-state index is 15.7. The number of carbonyl (C=O) groups excluding carboxylic acids is 2. The van der Waals surface area contributed by atoms with Crippen molar-refractivity contribution in [1.82, 2.24) is 0 Å². The highest BCUT2D eigenvalue weighted by Crippen LogP contribution is 2.40. The summed E-state index contributed by atoms with van der Waals surface area (Å²) in [6.45, 7) is 0. The van der Waals surface area contributed by atoms with Gasteiger partial charge < -0.3 is 0 Å². The summed E-state index contributed by atoms with van der Waals surface area (Å²) in [5, 5.41) is 0. The number of halogens is 1. The van der Waals surface area contributed by atoms with E-state index in [0.717, 1.165) is 6.26 Å². The molecule has 176 valence electrons. The zero-order valence-corrected chi connectivity index (χ0v) is 20.6. The first-order chi connectivity index (χ1) is 16.7. The van der Waals surface area contributed by atoms with Crippen molar-refractivity contribution in [2.75, 3.05) is 12.5 Å². The number of hydrogen-bond acceptors (Lipinski definition) is 5. The molecule has 35 heavy (non-hydrogen) atoms. The molecular weight excluding hydrogens is 483 g/mol. The second-order valence-electron chi connectivity index (χ2n) is 7.87. The second kappa shape index (κ2) is 9.98. The predicted octanol–water partition coefficient (Wildman–Crippen LogP) is 6.35. The molecule has 0 atom stereocenters. The summed E-state index contributed by atoms with van der Waals surface area (Å²) in [6, 6.07) is 24.2. The Bertz CT molecular complexity index is 1530. The maximum Gasteiger partial charge on any atom is 0.234 e. The molecule has 0 spiro atoms. The van der Waals surface area contributed by atoms with Gasteiger partial charge in [-0.05, 0) is 41.1 Å². The summed E-state index contributed by atoms with van der Waals surface area (Å²) in [4.78, 5) is 26.7. The van der Waals surface area contributed by atoms with Gasteiger partial charge in [-0.1, -0.05) is 72.8 Å². The standard InChI is InChI=1S/C28H21FO4S2/c1-34-24-17-16-22(25(26(24)29)18-12-14-20(15-13-18)35(2,32)33)21-10-6-7-11-23(21)28(31)27(30)19-8-4-3-5-9-19/h3-17H,1-2H3. The van der Waals surface area contributed by atoms with Gasteiger partial charge in [-0.2, -0.15) is 0 Å². The van der Waals surface area contributed by atoms with Gasteiger partial charge >= 0.3 is 0 Å². The van der Waals surface area contributed by atoms with Crippen LogP contribution >= 0.6 is 11.8 Å². The van der Waals surface area contributed by atoms with E-state index in [1.54, 1.807) is 85.1 Å². The van der Waals surface area contributed by atoms with Gasteiger partial charge in [0.25, 0.3) is 0 Å². The highest BCUT2D eigenvalue weighted by Gasteiger charge is 2.24. The molecule has 0 aliphatic carbocycles. The fraction of sp³-hybridized carbons (Fsp3) is 0.0714. The fourth-order valence-electron chi connectivity index (χ4n) is 3.85. The van der Waals surface area contributed by atoms with Crippen LogP contribution in [-0.2, 0) is 9.84 Å². The normalized spacial score (nSPS) is 11.3. The van der Waals surface area contributed by atoms with Crippen molar-refractivity contribution in [2.45, 2.75) is 9.79 Å². The molecule has 0 radical (unpaired) electrons. The van der Waals surface area contributed by atoms with E-state index in [4.69, 9.17) is 0 Å². The van der Waals surface area contributed by atoms with Crippen LogP contribution in [-0.4, -0.2) is 32.5 Å². The lowest BCUT2D eigenvalue weighted by Gasteiger charge is -2.16. The molecule has 0 heterocycles. The Labute approximate surface area is 207 Å². The van der Waals surface area contributed by atoms with Crippen LogP contribution in [0.2, 0.25) is 0 Å². The minimum atomic E-state index is -3.42. The molecule has 4 aromatic rings. The number of benzene rings is 4. The average Bonchev–Trinajstić information content (AvgIpc) is 2.87. The first-order valence-electron chi connectivity index (χ1n) is 10.6. The molecule has 7 heteroatoms. The van der Waals surface area contributed by atoms with Crippen LogP contribution in [0.1, 0.15) is 20.7 Å². The van der Waals surface area contributed by atoms with Crippen LogP contribution in [0.4, 0.5) is 4.39 Å². The minimum absolute atomic E-state index is 0.119. The minimum Gasteiger partial charge on any atom is -0.285 e. The van der Waals surface area contributed by atoms with E-state index in [1.807, 2.05) is 0 Å². The summed E-state index contributed by atoms with van der Waals surface area (Å²) in [6.07, 6.45) is 2.86.